The number of benzene rings is 1. The van der Waals surface area contributed by atoms with Crippen molar-refractivity contribution in [3.8, 4) is 0 Å². The Morgan fingerprint density at radius 3 is 2.75 bits per heavy atom. The van der Waals surface area contributed by atoms with E-state index < -0.39 is 0 Å². The molecule has 0 fully saturated rings. The summed E-state index contributed by atoms with van der Waals surface area (Å²) in [5.74, 6) is 0. The van der Waals surface area contributed by atoms with Gasteiger partial charge in [-0.1, -0.05) is 31.2 Å². The van der Waals surface area contributed by atoms with Gasteiger partial charge in [0.1, 0.15) is 0 Å². The van der Waals surface area contributed by atoms with Crippen molar-refractivity contribution in [1.29, 1.82) is 0 Å². The summed E-state index contributed by atoms with van der Waals surface area (Å²) in [5, 5.41) is 0. The maximum Gasteiger partial charge on any atom is 0.0828 e. The number of rotatable bonds is 4. The van der Waals surface area contributed by atoms with E-state index in [4.69, 9.17) is 4.74 Å². The molecule has 0 aliphatic heterocycles. The van der Waals surface area contributed by atoms with E-state index >= 15 is 0 Å². The van der Waals surface area contributed by atoms with E-state index in [1.165, 1.54) is 0 Å². The Hall–Kier alpha value is -0.820. The Labute approximate surface area is 74.4 Å². The van der Waals surface area contributed by atoms with Crippen molar-refractivity contribution in [2.24, 2.45) is 0 Å². The fourth-order valence-electron chi connectivity index (χ4n) is 1.24. The largest absolute Gasteiger partial charge is 0.374 e. The normalized spacial score (nSPS) is 12.8. The number of hydrogen-bond donors (Lipinski definition) is 0. The molecule has 1 nitrogen and oxygen atoms in total. The van der Waals surface area contributed by atoms with Crippen LogP contribution in [0.2, 0.25) is 0 Å². The highest BCUT2D eigenvalue weighted by Crippen LogP contribution is 2.19. The molecule has 12 heavy (non-hydrogen) atoms. The first-order chi connectivity index (χ1) is 5.88. The third-order valence-electron chi connectivity index (χ3n) is 1.82. The molecule has 0 heterocycles. The van der Waals surface area contributed by atoms with Crippen molar-refractivity contribution >= 4 is 0 Å². The van der Waals surface area contributed by atoms with E-state index in [0.29, 0.717) is 0 Å². The first-order valence-corrected chi connectivity index (χ1v) is 4.46. The maximum atomic E-state index is 5.55. The molecule has 1 heteroatoms. The molecule has 65 valence electrons. The van der Waals surface area contributed by atoms with Crippen LogP contribution in [0.15, 0.2) is 24.3 Å². The molecule has 0 aromatic heterocycles. The second kappa shape index (κ2) is 4.94. The highest BCUT2D eigenvalue weighted by atomic mass is 16.5. The summed E-state index contributed by atoms with van der Waals surface area (Å²) in [5.41, 5.74) is 1.15. The van der Waals surface area contributed by atoms with Crippen molar-refractivity contribution in [2.45, 2.75) is 26.4 Å². The first kappa shape index (κ1) is 9.27. The van der Waals surface area contributed by atoms with Crippen molar-refractivity contribution in [2.75, 3.05) is 6.61 Å². The average Bonchev–Trinajstić information content (AvgIpc) is 2.15. The molecule has 0 saturated heterocycles. The Morgan fingerprint density at radius 1 is 1.42 bits per heavy atom. The zero-order valence-electron chi connectivity index (χ0n) is 7.71. The Kier molecular flexibility index (Phi) is 3.81. The lowest BCUT2D eigenvalue weighted by molar-refractivity contribution is 0.0596. The van der Waals surface area contributed by atoms with Gasteiger partial charge in [0.15, 0.2) is 0 Å². The van der Waals surface area contributed by atoms with Crippen LogP contribution >= 0.6 is 0 Å². The smallest absolute Gasteiger partial charge is 0.0828 e. The molecule has 0 spiro atoms. The molecule has 0 N–H and O–H groups in total. The van der Waals surface area contributed by atoms with Crippen LogP contribution in [0.3, 0.4) is 0 Å². The second-order valence-electron chi connectivity index (χ2n) is 2.67. The molecular weight excluding hydrogens is 148 g/mol. The summed E-state index contributed by atoms with van der Waals surface area (Å²) >= 11 is 0. The molecule has 1 aromatic rings. The summed E-state index contributed by atoms with van der Waals surface area (Å²) < 4.78 is 5.55. The zero-order chi connectivity index (χ0) is 8.81. The monoisotopic (exact) mass is 163 g/mol. The Morgan fingerprint density at radius 2 is 2.25 bits per heavy atom. The van der Waals surface area contributed by atoms with Gasteiger partial charge < -0.3 is 4.74 Å². The molecule has 1 rings (SSSR count). The van der Waals surface area contributed by atoms with Crippen LogP contribution < -0.4 is 0 Å². The molecule has 0 bridgehead atoms. The molecule has 0 saturated carbocycles. The van der Waals surface area contributed by atoms with Gasteiger partial charge in [0.2, 0.25) is 0 Å². The van der Waals surface area contributed by atoms with E-state index in [1.54, 1.807) is 0 Å². The summed E-state index contributed by atoms with van der Waals surface area (Å²) in [6, 6.07) is 11.2. The van der Waals surface area contributed by atoms with E-state index in [2.05, 4.69) is 19.1 Å². The topological polar surface area (TPSA) is 9.23 Å². The maximum absolute atomic E-state index is 5.55. The highest BCUT2D eigenvalue weighted by Gasteiger charge is 2.06. The van der Waals surface area contributed by atoms with Gasteiger partial charge in [0.25, 0.3) is 0 Å². The second-order valence-corrected chi connectivity index (χ2v) is 2.67. The minimum atomic E-state index is 0.219. The van der Waals surface area contributed by atoms with Crippen LogP contribution in [-0.2, 0) is 4.74 Å². The molecule has 1 unspecified atom stereocenters. The van der Waals surface area contributed by atoms with Crippen molar-refractivity contribution in [3.63, 3.8) is 0 Å². The minimum Gasteiger partial charge on any atom is -0.374 e. The van der Waals surface area contributed by atoms with Crippen LogP contribution in [0.4, 0.5) is 0 Å². The third kappa shape index (κ3) is 2.35. The lowest BCUT2D eigenvalue weighted by atomic mass is 10.1. The predicted octanol–water partition coefficient (Wildman–Crippen LogP) is 2.97. The average molecular weight is 163 g/mol. The van der Waals surface area contributed by atoms with Gasteiger partial charge in [-0.2, -0.15) is 0 Å². The van der Waals surface area contributed by atoms with Crippen LogP contribution in [0.1, 0.15) is 31.9 Å². The molecule has 0 aliphatic rings. The van der Waals surface area contributed by atoms with Gasteiger partial charge in [0, 0.05) is 6.61 Å². The highest BCUT2D eigenvalue weighted by molar-refractivity contribution is 5.15. The Bertz CT molecular complexity index is 206. The SMILES string of the molecule is CCOC(CC)c1[c]cccc1. The van der Waals surface area contributed by atoms with Crippen LogP contribution in [0, 0.1) is 6.07 Å². The van der Waals surface area contributed by atoms with Crippen LogP contribution in [0.25, 0.3) is 0 Å². The molecule has 0 aliphatic carbocycles. The van der Waals surface area contributed by atoms with Crippen LogP contribution in [-0.4, -0.2) is 6.61 Å². The predicted molar refractivity (Wildman–Crippen MR) is 49.9 cm³/mol. The van der Waals surface area contributed by atoms with Crippen LogP contribution in [0.5, 0.6) is 0 Å². The Balaban J connectivity index is 2.66. The van der Waals surface area contributed by atoms with Crippen molar-refractivity contribution < 1.29 is 4.74 Å². The van der Waals surface area contributed by atoms with Crippen molar-refractivity contribution in [1.82, 2.24) is 0 Å². The molecular formula is C11H15O. The molecule has 1 radical (unpaired) electrons. The standard InChI is InChI=1S/C11H15O/c1-3-11(12-4-2)10-8-6-5-7-9-10/h5-8,11H,3-4H2,1-2H3. The lowest BCUT2D eigenvalue weighted by Gasteiger charge is -2.14. The fourth-order valence-corrected chi connectivity index (χ4v) is 1.24. The van der Waals surface area contributed by atoms with Gasteiger partial charge in [0.05, 0.1) is 6.10 Å². The third-order valence-corrected chi connectivity index (χ3v) is 1.82. The number of hydrogen-bond acceptors (Lipinski definition) is 1. The summed E-state index contributed by atoms with van der Waals surface area (Å²) in [6.45, 7) is 4.91. The molecule has 1 aromatic carbocycles. The fraction of sp³-hybridized carbons (Fsp3) is 0.455. The molecule has 1 atom stereocenters. The minimum absolute atomic E-state index is 0.219. The first-order valence-electron chi connectivity index (χ1n) is 4.46. The van der Waals surface area contributed by atoms with Gasteiger partial charge in [-0.3, -0.25) is 0 Å². The zero-order valence-corrected chi connectivity index (χ0v) is 7.71. The quantitative estimate of drug-likeness (QED) is 0.663. The van der Waals surface area contributed by atoms with E-state index in [0.717, 1.165) is 18.6 Å². The summed E-state index contributed by atoms with van der Waals surface area (Å²) in [6.07, 6.45) is 1.23. The van der Waals surface area contributed by atoms with E-state index in [-0.39, 0.29) is 6.10 Å². The number of ether oxygens (including phenoxy) is 1. The van der Waals surface area contributed by atoms with Crippen molar-refractivity contribution in [3.05, 3.63) is 35.9 Å². The van der Waals surface area contributed by atoms with E-state index in [1.807, 2.05) is 25.1 Å². The lowest BCUT2D eigenvalue weighted by Crippen LogP contribution is -2.02. The van der Waals surface area contributed by atoms with E-state index in [9.17, 15) is 0 Å². The van der Waals surface area contributed by atoms with Gasteiger partial charge in [-0.15, -0.1) is 0 Å². The molecule has 0 amide bonds. The summed E-state index contributed by atoms with van der Waals surface area (Å²) in [7, 11) is 0. The van der Waals surface area contributed by atoms with Gasteiger partial charge in [-0.25, -0.2) is 0 Å². The summed E-state index contributed by atoms with van der Waals surface area (Å²) in [4.78, 5) is 0. The van der Waals surface area contributed by atoms with Gasteiger partial charge in [-0.05, 0) is 25.0 Å². The van der Waals surface area contributed by atoms with Gasteiger partial charge >= 0.3 is 0 Å².